The van der Waals surface area contributed by atoms with E-state index in [1.807, 2.05) is 6.07 Å². The van der Waals surface area contributed by atoms with Crippen molar-refractivity contribution in [3.8, 4) is 6.07 Å². The molecule has 0 saturated heterocycles. The van der Waals surface area contributed by atoms with E-state index in [4.69, 9.17) is 33.2 Å². The van der Waals surface area contributed by atoms with E-state index in [1.54, 1.807) is 6.92 Å². The summed E-state index contributed by atoms with van der Waals surface area (Å²) in [5.41, 5.74) is 1.01. The van der Waals surface area contributed by atoms with Crippen molar-refractivity contribution < 1.29 is 9.53 Å². The van der Waals surface area contributed by atoms with E-state index in [0.29, 0.717) is 10.6 Å². The summed E-state index contributed by atoms with van der Waals surface area (Å²) in [6.07, 6.45) is 0. The molecule has 0 aliphatic rings. The molecule has 84 valence electrons. The first-order chi connectivity index (χ1) is 7.63. The van der Waals surface area contributed by atoms with Gasteiger partial charge in [0.05, 0.1) is 17.7 Å². The van der Waals surface area contributed by atoms with Gasteiger partial charge >= 0.3 is 5.97 Å². The minimum Gasteiger partial charge on any atom is -0.462 e. The van der Waals surface area contributed by atoms with E-state index in [9.17, 15) is 4.79 Å². The normalized spacial score (nSPS) is 9.62. The zero-order chi connectivity index (χ0) is 12.1. The summed E-state index contributed by atoms with van der Waals surface area (Å²) in [4.78, 5) is 11.5. The molecular weight excluding hydrogens is 249 g/mol. The number of hydrogen-bond acceptors (Lipinski definition) is 3. The number of benzene rings is 1. The second kappa shape index (κ2) is 5.74. The van der Waals surface area contributed by atoms with Gasteiger partial charge in [-0.1, -0.05) is 11.6 Å². The Kier molecular flexibility index (Phi) is 4.60. The lowest BCUT2D eigenvalue weighted by Gasteiger charge is -2.07. The average Bonchev–Trinajstić information content (AvgIpc) is 2.29. The molecular formula is C11H9Cl2NO2. The lowest BCUT2D eigenvalue weighted by molar-refractivity contribution is 0.0526. The maximum absolute atomic E-state index is 11.5. The van der Waals surface area contributed by atoms with Crippen LogP contribution in [0.1, 0.15) is 28.4 Å². The van der Waals surface area contributed by atoms with Crippen LogP contribution in [0.3, 0.4) is 0 Å². The third kappa shape index (κ3) is 2.66. The van der Waals surface area contributed by atoms with Crippen molar-refractivity contribution >= 4 is 29.2 Å². The van der Waals surface area contributed by atoms with Crippen LogP contribution in [0.25, 0.3) is 0 Å². The predicted molar refractivity (Wildman–Crippen MR) is 61.7 cm³/mol. The minimum absolute atomic E-state index is 0.170. The molecule has 0 N–H and O–H groups in total. The van der Waals surface area contributed by atoms with Crippen LogP contribution in [-0.4, -0.2) is 12.6 Å². The molecule has 0 aliphatic heterocycles. The molecule has 5 heteroatoms. The van der Waals surface area contributed by atoms with Gasteiger partial charge in [0.15, 0.2) is 0 Å². The van der Waals surface area contributed by atoms with Gasteiger partial charge in [0, 0.05) is 10.9 Å². The number of alkyl halides is 1. The van der Waals surface area contributed by atoms with Gasteiger partial charge < -0.3 is 4.74 Å². The molecule has 1 rings (SSSR count). The summed E-state index contributed by atoms with van der Waals surface area (Å²) in [6, 6.07) is 4.83. The molecule has 0 bridgehead atoms. The number of ether oxygens (including phenoxy) is 1. The topological polar surface area (TPSA) is 50.1 Å². The van der Waals surface area contributed by atoms with Crippen molar-refractivity contribution in [2.45, 2.75) is 12.8 Å². The fourth-order valence-electron chi connectivity index (χ4n) is 1.19. The monoisotopic (exact) mass is 257 g/mol. The smallest absolute Gasteiger partial charge is 0.339 e. The molecule has 1 aromatic rings. The Hall–Kier alpha value is -1.24. The molecule has 0 heterocycles. The van der Waals surface area contributed by atoms with Gasteiger partial charge in [-0.2, -0.15) is 5.26 Å². The van der Waals surface area contributed by atoms with Crippen molar-refractivity contribution in [2.24, 2.45) is 0 Å². The lowest BCUT2D eigenvalue weighted by atomic mass is 10.1. The molecule has 0 spiro atoms. The van der Waals surface area contributed by atoms with E-state index in [1.165, 1.54) is 12.1 Å². The summed E-state index contributed by atoms with van der Waals surface area (Å²) < 4.78 is 4.82. The molecule has 3 nitrogen and oxygen atoms in total. The number of rotatable bonds is 3. The van der Waals surface area contributed by atoms with Gasteiger partial charge in [0.25, 0.3) is 0 Å². The van der Waals surface area contributed by atoms with Crippen LogP contribution in [-0.2, 0) is 10.6 Å². The fraction of sp³-hybridized carbons (Fsp3) is 0.273. The Morgan fingerprint density at radius 3 is 2.75 bits per heavy atom. The van der Waals surface area contributed by atoms with Crippen LogP contribution in [0.4, 0.5) is 0 Å². The lowest BCUT2D eigenvalue weighted by Crippen LogP contribution is -2.07. The third-order valence-corrected chi connectivity index (χ3v) is 2.59. The maximum atomic E-state index is 11.5. The molecule has 0 atom stereocenters. The zero-order valence-electron chi connectivity index (χ0n) is 8.59. The van der Waals surface area contributed by atoms with Gasteiger partial charge in [-0.05, 0) is 24.6 Å². The van der Waals surface area contributed by atoms with Crippen molar-refractivity contribution in [3.63, 3.8) is 0 Å². The molecule has 16 heavy (non-hydrogen) atoms. The molecule has 0 aliphatic carbocycles. The van der Waals surface area contributed by atoms with E-state index in [-0.39, 0.29) is 23.6 Å². The highest BCUT2D eigenvalue weighted by Crippen LogP contribution is 2.23. The van der Waals surface area contributed by atoms with Gasteiger partial charge in [-0.25, -0.2) is 4.79 Å². The maximum Gasteiger partial charge on any atom is 0.339 e. The summed E-state index contributed by atoms with van der Waals surface area (Å²) in [6.45, 7) is 1.94. The first kappa shape index (κ1) is 12.8. The van der Waals surface area contributed by atoms with Crippen LogP contribution < -0.4 is 0 Å². The summed E-state index contributed by atoms with van der Waals surface area (Å²) in [7, 11) is 0. The highest BCUT2D eigenvalue weighted by Gasteiger charge is 2.15. The minimum atomic E-state index is -0.554. The SMILES string of the molecule is CCOC(=O)c1cc(Cl)c(CCl)cc1C#N. The largest absolute Gasteiger partial charge is 0.462 e. The third-order valence-electron chi connectivity index (χ3n) is 1.95. The van der Waals surface area contributed by atoms with Crippen molar-refractivity contribution in [1.29, 1.82) is 5.26 Å². The van der Waals surface area contributed by atoms with Crippen LogP contribution in [0, 0.1) is 11.3 Å². The van der Waals surface area contributed by atoms with E-state index < -0.39 is 5.97 Å². The number of nitrogens with zero attached hydrogens (tertiary/aromatic N) is 1. The Morgan fingerprint density at radius 1 is 1.56 bits per heavy atom. The quantitative estimate of drug-likeness (QED) is 0.618. The Morgan fingerprint density at radius 2 is 2.25 bits per heavy atom. The highest BCUT2D eigenvalue weighted by atomic mass is 35.5. The first-order valence-electron chi connectivity index (χ1n) is 4.59. The molecule has 0 saturated carbocycles. The van der Waals surface area contributed by atoms with Crippen LogP contribution in [0.15, 0.2) is 12.1 Å². The highest BCUT2D eigenvalue weighted by molar-refractivity contribution is 6.32. The van der Waals surface area contributed by atoms with Crippen molar-refractivity contribution in [3.05, 3.63) is 33.8 Å². The molecule has 0 radical (unpaired) electrons. The molecule has 0 unspecified atom stereocenters. The second-order valence-electron chi connectivity index (χ2n) is 2.96. The van der Waals surface area contributed by atoms with Crippen molar-refractivity contribution in [1.82, 2.24) is 0 Å². The van der Waals surface area contributed by atoms with Crippen molar-refractivity contribution in [2.75, 3.05) is 6.61 Å². The van der Waals surface area contributed by atoms with E-state index in [2.05, 4.69) is 0 Å². The van der Waals surface area contributed by atoms with E-state index in [0.717, 1.165) is 0 Å². The van der Waals surface area contributed by atoms with Crippen LogP contribution in [0.5, 0.6) is 0 Å². The number of carbonyl (C=O) groups excluding carboxylic acids is 1. The molecule has 1 aromatic carbocycles. The number of esters is 1. The number of nitriles is 1. The fourth-order valence-corrected chi connectivity index (χ4v) is 1.71. The molecule has 0 fully saturated rings. The Labute approximate surface area is 104 Å². The van der Waals surface area contributed by atoms with Gasteiger partial charge in [-0.3, -0.25) is 0 Å². The van der Waals surface area contributed by atoms with E-state index >= 15 is 0 Å². The van der Waals surface area contributed by atoms with Crippen LogP contribution >= 0.6 is 23.2 Å². The van der Waals surface area contributed by atoms with Crippen LogP contribution in [0.2, 0.25) is 5.02 Å². The standard InChI is InChI=1S/C11H9Cl2NO2/c1-2-16-11(15)9-4-10(13)7(5-12)3-8(9)6-14/h3-4H,2,5H2,1H3. The van der Waals surface area contributed by atoms with Gasteiger partial charge in [0.1, 0.15) is 6.07 Å². The summed E-state index contributed by atoms with van der Waals surface area (Å²) >= 11 is 11.5. The molecule has 0 amide bonds. The predicted octanol–water partition coefficient (Wildman–Crippen LogP) is 3.13. The zero-order valence-corrected chi connectivity index (χ0v) is 10.1. The van der Waals surface area contributed by atoms with Gasteiger partial charge in [0.2, 0.25) is 0 Å². The molecule has 0 aromatic heterocycles. The summed E-state index contributed by atoms with van der Waals surface area (Å²) in [5.74, 6) is -0.363. The Balaban J connectivity index is 3.24. The number of carbonyl (C=O) groups is 1. The number of hydrogen-bond donors (Lipinski definition) is 0. The Bertz CT molecular complexity index is 452. The van der Waals surface area contributed by atoms with Gasteiger partial charge in [-0.15, -0.1) is 11.6 Å². The second-order valence-corrected chi connectivity index (χ2v) is 3.63. The average molecular weight is 258 g/mol. The first-order valence-corrected chi connectivity index (χ1v) is 5.50. The number of halogens is 2. The summed E-state index contributed by atoms with van der Waals surface area (Å²) in [5, 5.41) is 9.26.